The van der Waals surface area contributed by atoms with Gasteiger partial charge in [0.15, 0.2) is 0 Å². The molecule has 118 valence electrons. The Bertz CT molecular complexity index is 476. The lowest BCUT2D eigenvalue weighted by Crippen LogP contribution is -2.32. The van der Waals surface area contributed by atoms with E-state index in [0.717, 1.165) is 17.9 Å². The number of rotatable bonds is 6. The van der Waals surface area contributed by atoms with Crippen LogP contribution in [0.5, 0.6) is 5.75 Å². The Balaban J connectivity index is 2.78. The molecular weight excluding hydrogens is 264 g/mol. The smallest absolute Gasteiger partial charge is 0.224 e. The summed E-state index contributed by atoms with van der Waals surface area (Å²) in [4.78, 5) is 14.1. The fourth-order valence-corrected chi connectivity index (χ4v) is 2.04. The average molecular weight is 292 g/mol. The van der Waals surface area contributed by atoms with Gasteiger partial charge in [-0.1, -0.05) is 32.9 Å². The number of amides is 1. The summed E-state index contributed by atoms with van der Waals surface area (Å²) in [6.45, 7) is 7.99. The van der Waals surface area contributed by atoms with E-state index in [1.54, 1.807) is 7.11 Å². The molecule has 0 radical (unpaired) electrons. The molecule has 0 fully saturated rings. The number of carbonyl (C=O) groups excluding carboxylic acids is 1. The molecule has 0 spiro atoms. The highest BCUT2D eigenvalue weighted by Crippen LogP contribution is 2.28. The lowest BCUT2D eigenvalue weighted by Gasteiger charge is -2.21. The van der Waals surface area contributed by atoms with Crippen molar-refractivity contribution in [2.75, 3.05) is 34.3 Å². The van der Waals surface area contributed by atoms with Crippen molar-refractivity contribution >= 4 is 5.91 Å². The van der Waals surface area contributed by atoms with E-state index in [1.807, 2.05) is 25.1 Å². The summed E-state index contributed by atoms with van der Waals surface area (Å²) in [6.07, 6.45) is 0.348. The van der Waals surface area contributed by atoms with Gasteiger partial charge in [0.05, 0.1) is 13.5 Å². The summed E-state index contributed by atoms with van der Waals surface area (Å²) in [6, 6.07) is 6.08. The molecule has 4 nitrogen and oxygen atoms in total. The molecule has 1 aromatic rings. The van der Waals surface area contributed by atoms with Crippen LogP contribution in [-0.4, -0.2) is 45.1 Å². The molecule has 1 aromatic carbocycles. The van der Waals surface area contributed by atoms with Crippen LogP contribution in [-0.2, 0) is 16.6 Å². The third-order valence-corrected chi connectivity index (χ3v) is 3.38. The van der Waals surface area contributed by atoms with Crippen LogP contribution in [0, 0.1) is 0 Å². The molecule has 4 heteroatoms. The second-order valence-corrected chi connectivity index (χ2v) is 6.61. The lowest BCUT2D eigenvalue weighted by molar-refractivity contribution is -0.120. The van der Waals surface area contributed by atoms with E-state index in [9.17, 15) is 4.79 Å². The summed E-state index contributed by atoms with van der Waals surface area (Å²) < 4.78 is 5.37. The predicted octanol–water partition coefficient (Wildman–Crippen LogP) is 2.21. The number of hydrogen-bond acceptors (Lipinski definition) is 3. The topological polar surface area (TPSA) is 41.6 Å². The summed E-state index contributed by atoms with van der Waals surface area (Å²) in [7, 11) is 5.61. The van der Waals surface area contributed by atoms with Crippen molar-refractivity contribution < 1.29 is 9.53 Å². The number of ether oxygens (including phenoxy) is 1. The van der Waals surface area contributed by atoms with Crippen molar-refractivity contribution in [1.82, 2.24) is 10.2 Å². The molecule has 0 saturated heterocycles. The minimum atomic E-state index is 0.0289. The monoisotopic (exact) mass is 292 g/mol. The van der Waals surface area contributed by atoms with E-state index in [4.69, 9.17) is 4.74 Å². The Hall–Kier alpha value is -1.55. The predicted molar refractivity (Wildman–Crippen MR) is 87.0 cm³/mol. The maximum Gasteiger partial charge on any atom is 0.224 e. The second-order valence-electron chi connectivity index (χ2n) is 6.61. The zero-order chi connectivity index (χ0) is 16.0. The van der Waals surface area contributed by atoms with Gasteiger partial charge in [-0.2, -0.15) is 0 Å². The van der Waals surface area contributed by atoms with Crippen molar-refractivity contribution in [2.45, 2.75) is 32.6 Å². The molecular formula is C17H28N2O2. The van der Waals surface area contributed by atoms with Gasteiger partial charge < -0.3 is 15.0 Å². The van der Waals surface area contributed by atoms with Gasteiger partial charge in [-0.25, -0.2) is 0 Å². The molecule has 0 heterocycles. The van der Waals surface area contributed by atoms with Crippen LogP contribution in [0.15, 0.2) is 18.2 Å². The minimum absolute atomic E-state index is 0.0289. The van der Waals surface area contributed by atoms with Gasteiger partial charge in [0.2, 0.25) is 5.91 Å². The van der Waals surface area contributed by atoms with Crippen molar-refractivity contribution in [1.29, 1.82) is 0 Å². The first-order chi connectivity index (χ1) is 9.74. The van der Waals surface area contributed by atoms with Gasteiger partial charge in [0.25, 0.3) is 0 Å². The van der Waals surface area contributed by atoms with Gasteiger partial charge in [-0.3, -0.25) is 4.79 Å². The van der Waals surface area contributed by atoms with Gasteiger partial charge in [0.1, 0.15) is 5.75 Å². The zero-order valence-corrected chi connectivity index (χ0v) is 14.1. The Morgan fingerprint density at radius 3 is 2.48 bits per heavy atom. The van der Waals surface area contributed by atoms with Crippen molar-refractivity contribution in [2.24, 2.45) is 0 Å². The van der Waals surface area contributed by atoms with Crippen LogP contribution in [0.2, 0.25) is 0 Å². The van der Waals surface area contributed by atoms with E-state index >= 15 is 0 Å². The summed E-state index contributed by atoms with van der Waals surface area (Å²) in [5.41, 5.74) is 2.20. The highest BCUT2D eigenvalue weighted by molar-refractivity contribution is 5.79. The summed E-state index contributed by atoms with van der Waals surface area (Å²) in [5.74, 6) is 0.798. The molecule has 0 aliphatic rings. The number of likely N-dealkylation sites (N-methyl/N-ethyl adjacent to an activating group) is 1. The van der Waals surface area contributed by atoms with Crippen LogP contribution in [0.1, 0.15) is 31.9 Å². The number of nitrogens with one attached hydrogen (secondary N) is 1. The Labute approximate surface area is 128 Å². The van der Waals surface area contributed by atoms with Crippen LogP contribution < -0.4 is 10.1 Å². The number of methoxy groups -OCH3 is 1. The molecule has 0 unspecified atom stereocenters. The van der Waals surface area contributed by atoms with E-state index < -0.39 is 0 Å². The van der Waals surface area contributed by atoms with Gasteiger partial charge in [-0.05, 0) is 31.1 Å². The third kappa shape index (κ3) is 5.76. The molecule has 1 rings (SSSR count). The van der Waals surface area contributed by atoms with E-state index in [2.05, 4.69) is 38.2 Å². The summed E-state index contributed by atoms with van der Waals surface area (Å²) >= 11 is 0. The quantitative estimate of drug-likeness (QED) is 0.874. The number of benzene rings is 1. The first-order valence-electron chi connectivity index (χ1n) is 7.33. The second kappa shape index (κ2) is 7.46. The van der Waals surface area contributed by atoms with E-state index in [-0.39, 0.29) is 11.3 Å². The molecule has 0 aromatic heterocycles. The maximum atomic E-state index is 12.0. The lowest BCUT2D eigenvalue weighted by atomic mass is 9.85. The molecule has 0 aliphatic carbocycles. The Kier molecular flexibility index (Phi) is 6.21. The molecule has 1 amide bonds. The van der Waals surface area contributed by atoms with Crippen molar-refractivity contribution in [3.63, 3.8) is 0 Å². The fourth-order valence-electron chi connectivity index (χ4n) is 2.04. The van der Waals surface area contributed by atoms with Crippen LogP contribution in [0.4, 0.5) is 0 Å². The zero-order valence-electron chi connectivity index (χ0n) is 14.1. The van der Waals surface area contributed by atoms with Crippen LogP contribution in [0.25, 0.3) is 0 Å². The minimum Gasteiger partial charge on any atom is -0.496 e. The summed E-state index contributed by atoms with van der Waals surface area (Å²) in [5, 5.41) is 2.94. The number of carbonyl (C=O) groups is 1. The van der Waals surface area contributed by atoms with E-state index in [0.29, 0.717) is 13.0 Å². The first kappa shape index (κ1) is 17.5. The number of hydrogen-bond donors (Lipinski definition) is 1. The first-order valence-corrected chi connectivity index (χ1v) is 7.33. The molecule has 0 bridgehead atoms. The maximum absolute atomic E-state index is 12.0. The van der Waals surface area contributed by atoms with Gasteiger partial charge in [0, 0.05) is 18.7 Å². The van der Waals surface area contributed by atoms with Crippen LogP contribution in [0.3, 0.4) is 0 Å². The molecule has 0 saturated carbocycles. The Morgan fingerprint density at radius 2 is 1.95 bits per heavy atom. The average Bonchev–Trinajstić information content (AvgIpc) is 2.37. The molecule has 0 atom stereocenters. The third-order valence-electron chi connectivity index (χ3n) is 3.38. The number of nitrogens with zero attached hydrogens (tertiary/aromatic N) is 1. The normalized spacial score (nSPS) is 11.6. The largest absolute Gasteiger partial charge is 0.496 e. The molecule has 0 aliphatic heterocycles. The Morgan fingerprint density at radius 1 is 1.29 bits per heavy atom. The van der Waals surface area contributed by atoms with Gasteiger partial charge in [-0.15, -0.1) is 0 Å². The van der Waals surface area contributed by atoms with Gasteiger partial charge >= 0.3 is 0 Å². The fraction of sp³-hybridized carbons (Fsp3) is 0.588. The standard InChI is InChI=1S/C17H28N2O2/c1-17(2,3)14-7-8-15(21-6)13(11-14)12-16(20)18-9-10-19(4)5/h7-8,11H,9-10,12H2,1-6H3,(H,18,20). The highest BCUT2D eigenvalue weighted by Gasteiger charge is 2.17. The molecule has 21 heavy (non-hydrogen) atoms. The SMILES string of the molecule is COc1ccc(C(C)(C)C)cc1CC(=O)NCCN(C)C. The highest BCUT2D eigenvalue weighted by atomic mass is 16.5. The van der Waals surface area contributed by atoms with Crippen molar-refractivity contribution in [3.05, 3.63) is 29.3 Å². The van der Waals surface area contributed by atoms with E-state index in [1.165, 1.54) is 5.56 Å². The van der Waals surface area contributed by atoms with Crippen molar-refractivity contribution in [3.8, 4) is 5.75 Å². The molecule has 1 N–H and O–H groups in total. The van der Waals surface area contributed by atoms with Crippen LogP contribution >= 0.6 is 0 Å².